The van der Waals surface area contributed by atoms with Crippen molar-refractivity contribution in [1.29, 1.82) is 0 Å². The van der Waals surface area contributed by atoms with Crippen LogP contribution in [0, 0.1) is 11.3 Å². The highest BCUT2D eigenvalue weighted by molar-refractivity contribution is 5.75. The molecule has 6 heteroatoms. The molecule has 1 N–H and O–H groups in total. The molecule has 0 aromatic carbocycles. The van der Waals surface area contributed by atoms with Crippen LogP contribution in [-0.2, 0) is 11.8 Å². The maximum atomic E-state index is 11.9. The Hall–Kier alpha value is -1.85. The summed E-state index contributed by atoms with van der Waals surface area (Å²) in [4.78, 5) is 25.8. The van der Waals surface area contributed by atoms with Gasteiger partial charge < -0.3 is 10.2 Å². The fourth-order valence-corrected chi connectivity index (χ4v) is 3.09. The molecule has 126 valence electrons. The lowest BCUT2D eigenvalue weighted by molar-refractivity contribution is -0.121. The Bertz CT molecular complexity index is 636. The largest absolute Gasteiger partial charge is 0.370 e. The van der Waals surface area contributed by atoms with Crippen LogP contribution >= 0.6 is 0 Å². The Morgan fingerprint density at radius 1 is 1.48 bits per heavy atom. The third-order valence-electron chi connectivity index (χ3n) is 5.25. The van der Waals surface area contributed by atoms with Gasteiger partial charge in [0.25, 0.3) is 5.56 Å². The van der Waals surface area contributed by atoms with E-state index in [1.165, 1.54) is 17.5 Å². The molecular formula is C17H26N4O2. The van der Waals surface area contributed by atoms with Crippen molar-refractivity contribution in [3.05, 3.63) is 22.6 Å². The minimum Gasteiger partial charge on any atom is -0.370 e. The quantitative estimate of drug-likeness (QED) is 0.858. The Labute approximate surface area is 136 Å². The lowest BCUT2D eigenvalue weighted by Crippen LogP contribution is -2.31. The van der Waals surface area contributed by atoms with Crippen LogP contribution in [0.5, 0.6) is 0 Å². The zero-order chi connectivity index (χ0) is 16.4. The third-order valence-corrected chi connectivity index (χ3v) is 5.25. The van der Waals surface area contributed by atoms with Crippen molar-refractivity contribution < 1.29 is 4.79 Å². The summed E-state index contributed by atoms with van der Waals surface area (Å²) < 4.78 is 1.33. The van der Waals surface area contributed by atoms with Gasteiger partial charge in [-0.2, -0.15) is 5.10 Å². The van der Waals surface area contributed by atoms with E-state index in [-0.39, 0.29) is 11.5 Å². The first kappa shape index (κ1) is 16.0. The van der Waals surface area contributed by atoms with E-state index in [0.29, 0.717) is 17.8 Å². The van der Waals surface area contributed by atoms with Gasteiger partial charge in [0.05, 0.1) is 11.9 Å². The lowest BCUT2D eigenvalue weighted by Gasteiger charge is -2.18. The minimum absolute atomic E-state index is 0.0900. The highest BCUT2D eigenvalue weighted by Gasteiger charge is 2.37. The zero-order valence-electron chi connectivity index (χ0n) is 14.0. The molecule has 1 saturated heterocycles. The van der Waals surface area contributed by atoms with Crippen LogP contribution in [-0.4, -0.2) is 35.3 Å². The van der Waals surface area contributed by atoms with Gasteiger partial charge in [0.1, 0.15) is 0 Å². The number of amides is 1. The molecule has 1 saturated carbocycles. The summed E-state index contributed by atoms with van der Waals surface area (Å²) in [6, 6.07) is 1.63. The molecule has 3 rings (SSSR count). The van der Waals surface area contributed by atoms with E-state index < -0.39 is 0 Å². The molecule has 0 unspecified atom stereocenters. The predicted octanol–water partition coefficient (Wildman–Crippen LogP) is 1.30. The maximum absolute atomic E-state index is 11.9. The Morgan fingerprint density at radius 2 is 2.26 bits per heavy atom. The van der Waals surface area contributed by atoms with Crippen molar-refractivity contribution in [2.45, 2.75) is 39.0 Å². The van der Waals surface area contributed by atoms with Crippen LogP contribution in [0.1, 0.15) is 39.0 Å². The molecule has 1 aliphatic carbocycles. The second-order valence-corrected chi connectivity index (χ2v) is 7.39. The van der Waals surface area contributed by atoms with Gasteiger partial charge >= 0.3 is 0 Å². The number of rotatable bonds is 6. The first-order valence-corrected chi connectivity index (χ1v) is 8.50. The normalized spacial score (nSPS) is 22.2. The molecule has 0 radical (unpaired) electrons. The summed E-state index contributed by atoms with van der Waals surface area (Å²) in [5.41, 5.74) is 1.23. The SMILES string of the molecule is Cn1ncc(N2CC[C@H](CNC(=O)CCC3(C)CC3)C2)cc1=O. The molecule has 6 nitrogen and oxygen atoms in total. The summed E-state index contributed by atoms with van der Waals surface area (Å²) in [6.07, 6.45) is 6.96. The molecule has 0 bridgehead atoms. The van der Waals surface area contributed by atoms with Crippen LogP contribution in [0.25, 0.3) is 0 Å². The molecule has 23 heavy (non-hydrogen) atoms. The number of carbonyl (C=O) groups excluding carboxylic acids is 1. The van der Waals surface area contributed by atoms with Crippen molar-refractivity contribution >= 4 is 11.6 Å². The molecule has 1 aromatic rings. The average Bonchev–Trinajstić information content (AvgIpc) is 3.08. The van der Waals surface area contributed by atoms with Gasteiger partial charge in [-0.15, -0.1) is 0 Å². The second kappa shape index (κ2) is 6.34. The summed E-state index contributed by atoms with van der Waals surface area (Å²) in [7, 11) is 1.65. The van der Waals surface area contributed by atoms with Gasteiger partial charge in [0.2, 0.25) is 5.91 Å². The maximum Gasteiger partial charge on any atom is 0.268 e. The monoisotopic (exact) mass is 318 g/mol. The molecule has 1 aromatic heterocycles. The highest BCUT2D eigenvalue weighted by Crippen LogP contribution is 2.48. The van der Waals surface area contributed by atoms with Crippen LogP contribution in [0.3, 0.4) is 0 Å². The molecular weight excluding hydrogens is 292 g/mol. The van der Waals surface area contributed by atoms with E-state index in [9.17, 15) is 9.59 Å². The van der Waals surface area contributed by atoms with Crippen LogP contribution in [0.15, 0.2) is 17.1 Å². The molecule has 2 aliphatic rings. The van der Waals surface area contributed by atoms with E-state index in [2.05, 4.69) is 22.2 Å². The third kappa shape index (κ3) is 4.12. The number of nitrogens with one attached hydrogen (secondary N) is 1. The van der Waals surface area contributed by atoms with Gasteiger partial charge in [-0.3, -0.25) is 9.59 Å². The second-order valence-electron chi connectivity index (χ2n) is 7.39. The van der Waals surface area contributed by atoms with E-state index in [4.69, 9.17) is 0 Å². The standard InChI is InChI=1S/C17H26N4O2/c1-17(6-7-17)5-3-15(22)18-10-13-4-8-21(12-13)14-9-16(23)20(2)19-11-14/h9,11,13H,3-8,10,12H2,1-2H3,(H,18,22)/t13-/m1/s1. The van der Waals surface area contributed by atoms with E-state index in [1.54, 1.807) is 19.3 Å². The number of hydrogen-bond acceptors (Lipinski definition) is 4. The smallest absolute Gasteiger partial charge is 0.268 e. The molecule has 1 atom stereocenters. The van der Waals surface area contributed by atoms with Crippen molar-refractivity contribution in [1.82, 2.24) is 15.1 Å². The Balaban J connectivity index is 1.43. The van der Waals surface area contributed by atoms with E-state index in [0.717, 1.165) is 38.2 Å². The highest BCUT2D eigenvalue weighted by atomic mass is 16.1. The number of carbonyl (C=O) groups is 1. The van der Waals surface area contributed by atoms with E-state index in [1.807, 2.05) is 0 Å². The summed E-state index contributed by atoms with van der Waals surface area (Å²) in [5, 5.41) is 7.14. The van der Waals surface area contributed by atoms with Gasteiger partial charge in [0.15, 0.2) is 0 Å². The summed E-state index contributed by atoms with van der Waals surface area (Å²) >= 11 is 0. The fourth-order valence-electron chi connectivity index (χ4n) is 3.09. The van der Waals surface area contributed by atoms with Crippen LogP contribution in [0.4, 0.5) is 5.69 Å². The summed E-state index contributed by atoms with van der Waals surface area (Å²) in [5.74, 6) is 0.617. The molecule has 1 aliphatic heterocycles. The van der Waals surface area contributed by atoms with Gasteiger partial charge in [-0.1, -0.05) is 6.92 Å². The average molecular weight is 318 g/mol. The lowest BCUT2D eigenvalue weighted by atomic mass is 10.0. The molecule has 1 amide bonds. The van der Waals surface area contributed by atoms with Crippen molar-refractivity contribution in [2.75, 3.05) is 24.5 Å². The minimum atomic E-state index is -0.0900. The molecule has 2 heterocycles. The van der Waals surface area contributed by atoms with Gasteiger partial charge in [0, 0.05) is 39.2 Å². The van der Waals surface area contributed by atoms with Crippen molar-refractivity contribution in [2.24, 2.45) is 18.4 Å². The zero-order valence-corrected chi connectivity index (χ0v) is 14.0. The summed E-state index contributed by atoms with van der Waals surface area (Å²) in [6.45, 7) is 4.76. The van der Waals surface area contributed by atoms with Gasteiger partial charge in [-0.25, -0.2) is 4.68 Å². The Morgan fingerprint density at radius 3 is 2.96 bits per heavy atom. The number of nitrogens with zero attached hydrogens (tertiary/aromatic N) is 3. The van der Waals surface area contributed by atoms with Crippen molar-refractivity contribution in [3.63, 3.8) is 0 Å². The number of hydrogen-bond donors (Lipinski definition) is 1. The predicted molar refractivity (Wildman–Crippen MR) is 89.4 cm³/mol. The molecule has 2 fully saturated rings. The first-order chi connectivity index (χ1) is 11.0. The number of aromatic nitrogens is 2. The Kier molecular flexibility index (Phi) is 4.41. The van der Waals surface area contributed by atoms with Crippen molar-refractivity contribution in [3.8, 4) is 0 Å². The molecule has 0 spiro atoms. The van der Waals surface area contributed by atoms with E-state index >= 15 is 0 Å². The topological polar surface area (TPSA) is 67.2 Å². The van der Waals surface area contributed by atoms with Gasteiger partial charge in [-0.05, 0) is 37.0 Å². The first-order valence-electron chi connectivity index (χ1n) is 8.50. The number of anilines is 1. The number of aryl methyl sites for hydroxylation is 1. The fraction of sp³-hybridized carbons (Fsp3) is 0.706. The van der Waals surface area contributed by atoms with Crippen LogP contribution in [0.2, 0.25) is 0 Å². The van der Waals surface area contributed by atoms with Crippen LogP contribution < -0.4 is 15.8 Å².